The molecule has 1 N–H and O–H groups in total. The van der Waals surface area contributed by atoms with E-state index in [1.54, 1.807) is 0 Å². The third kappa shape index (κ3) is 4.94. The number of hydrogen-bond acceptors (Lipinski definition) is 4. The first-order valence-electron chi connectivity index (χ1n) is 6.00. The molecule has 0 bridgehead atoms. The van der Waals surface area contributed by atoms with E-state index in [2.05, 4.69) is 12.2 Å². The van der Waals surface area contributed by atoms with Gasteiger partial charge in [0.1, 0.15) is 0 Å². The highest BCUT2D eigenvalue weighted by molar-refractivity contribution is 5.71. The van der Waals surface area contributed by atoms with Gasteiger partial charge in [-0.2, -0.15) is 0 Å². The van der Waals surface area contributed by atoms with Crippen LogP contribution < -0.4 is 5.32 Å². The fraction of sp³-hybridized carbons (Fsp3) is 0.917. The Morgan fingerprint density at radius 2 is 2.06 bits per heavy atom. The third-order valence-electron chi connectivity index (χ3n) is 2.89. The maximum atomic E-state index is 11.3. The zero-order valence-electron chi connectivity index (χ0n) is 10.5. The molecule has 1 aliphatic heterocycles. The number of esters is 1. The topological polar surface area (TPSA) is 47.6 Å². The van der Waals surface area contributed by atoms with Crippen molar-refractivity contribution in [2.24, 2.45) is 5.41 Å². The van der Waals surface area contributed by atoms with Gasteiger partial charge in [-0.15, -0.1) is 0 Å². The van der Waals surface area contributed by atoms with E-state index in [0.29, 0.717) is 6.54 Å². The summed E-state index contributed by atoms with van der Waals surface area (Å²) < 4.78 is 10.4. The summed E-state index contributed by atoms with van der Waals surface area (Å²) in [4.78, 5) is 11.3. The highest BCUT2D eigenvalue weighted by Crippen LogP contribution is 2.28. The molecule has 1 saturated heterocycles. The first-order chi connectivity index (χ1) is 7.52. The van der Waals surface area contributed by atoms with E-state index in [1.165, 1.54) is 0 Å². The van der Waals surface area contributed by atoms with Crippen molar-refractivity contribution < 1.29 is 14.3 Å². The van der Waals surface area contributed by atoms with Crippen LogP contribution in [-0.4, -0.2) is 38.4 Å². The zero-order chi connectivity index (χ0) is 12.0. The van der Waals surface area contributed by atoms with E-state index in [9.17, 15) is 4.79 Å². The summed E-state index contributed by atoms with van der Waals surface area (Å²) in [6.45, 7) is 8.76. The molecule has 0 aromatic rings. The predicted molar refractivity (Wildman–Crippen MR) is 62.3 cm³/mol. The van der Waals surface area contributed by atoms with E-state index in [1.807, 2.05) is 13.8 Å². The second-order valence-electron chi connectivity index (χ2n) is 5.07. The summed E-state index contributed by atoms with van der Waals surface area (Å²) in [6.07, 6.45) is 2.08. The van der Waals surface area contributed by atoms with Crippen LogP contribution in [0.5, 0.6) is 0 Å². The average molecular weight is 229 g/mol. The summed E-state index contributed by atoms with van der Waals surface area (Å²) in [5.41, 5.74) is 0.260. The van der Waals surface area contributed by atoms with Crippen molar-refractivity contribution in [1.82, 2.24) is 5.32 Å². The normalized spacial score (nSPS) is 19.8. The Balaban J connectivity index is 2.16. The lowest BCUT2D eigenvalue weighted by Gasteiger charge is -2.33. The lowest BCUT2D eigenvalue weighted by Crippen LogP contribution is -2.39. The molecule has 1 rings (SSSR count). The minimum atomic E-state index is -0.175. The van der Waals surface area contributed by atoms with Gasteiger partial charge < -0.3 is 14.8 Å². The second-order valence-corrected chi connectivity index (χ2v) is 5.07. The standard InChI is InChI=1S/C12H23NO3/c1-10(2)16-11(14)8-13-9-12(3)4-6-15-7-5-12/h10,13H,4-9H2,1-3H3. The molecule has 0 saturated carbocycles. The molecule has 94 valence electrons. The van der Waals surface area contributed by atoms with Crippen LogP contribution in [0.2, 0.25) is 0 Å². The molecule has 0 aromatic heterocycles. The van der Waals surface area contributed by atoms with Crippen molar-refractivity contribution in [2.45, 2.75) is 39.7 Å². The summed E-state index contributed by atoms with van der Waals surface area (Å²) in [5, 5.41) is 3.17. The molecule has 0 aliphatic carbocycles. The molecule has 1 heterocycles. The Kier molecular flexibility index (Phi) is 5.22. The summed E-state index contributed by atoms with van der Waals surface area (Å²) in [6, 6.07) is 0. The van der Waals surface area contributed by atoms with Gasteiger partial charge in [0, 0.05) is 19.8 Å². The monoisotopic (exact) mass is 229 g/mol. The first kappa shape index (κ1) is 13.5. The average Bonchev–Trinajstić information content (AvgIpc) is 2.17. The predicted octanol–water partition coefficient (Wildman–Crippen LogP) is 1.34. The highest BCUT2D eigenvalue weighted by atomic mass is 16.5. The lowest BCUT2D eigenvalue weighted by molar-refractivity contribution is -0.146. The van der Waals surface area contributed by atoms with Gasteiger partial charge in [-0.05, 0) is 32.1 Å². The van der Waals surface area contributed by atoms with Gasteiger partial charge in [0.2, 0.25) is 0 Å². The minimum absolute atomic E-state index is 0.0343. The van der Waals surface area contributed by atoms with E-state index < -0.39 is 0 Å². The number of carbonyl (C=O) groups excluding carboxylic acids is 1. The molecule has 0 unspecified atom stereocenters. The molecule has 16 heavy (non-hydrogen) atoms. The molecule has 4 heteroatoms. The molecule has 4 nitrogen and oxygen atoms in total. The van der Waals surface area contributed by atoms with Crippen LogP contribution >= 0.6 is 0 Å². The van der Waals surface area contributed by atoms with Gasteiger partial charge >= 0.3 is 5.97 Å². The van der Waals surface area contributed by atoms with Crippen molar-refractivity contribution in [3.8, 4) is 0 Å². The molecule has 0 amide bonds. The fourth-order valence-corrected chi connectivity index (χ4v) is 1.81. The largest absolute Gasteiger partial charge is 0.462 e. The molecular formula is C12H23NO3. The Morgan fingerprint density at radius 1 is 1.44 bits per heavy atom. The van der Waals surface area contributed by atoms with Crippen molar-refractivity contribution in [3.05, 3.63) is 0 Å². The molecule has 1 aliphatic rings. The Morgan fingerprint density at radius 3 is 2.62 bits per heavy atom. The van der Waals surface area contributed by atoms with Crippen LogP contribution in [0.15, 0.2) is 0 Å². The van der Waals surface area contributed by atoms with E-state index >= 15 is 0 Å². The van der Waals surface area contributed by atoms with Crippen LogP contribution in [-0.2, 0) is 14.3 Å². The van der Waals surface area contributed by atoms with Crippen LogP contribution in [0.4, 0.5) is 0 Å². The molecular weight excluding hydrogens is 206 g/mol. The van der Waals surface area contributed by atoms with E-state index in [4.69, 9.17) is 9.47 Å². The highest BCUT2D eigenvalue weighted by Gasteiger charge is 2.26. The van der Waals surface area contributed by atoms with Crippen LogP contribution in [0.25, 0.3) is 0 Å². The molecule has 0 spiro atoms. The lowest BCUT2D eigenvalue weighted by atomic mass is 9.82. The second kappa shape index (κ2) is 6.21. The number of rotatable bonds is 5. The van der Waals surface area contributed by atoms with Crippen molar-refractivity contribution >= 4 is 5.97 Å². The zero-order valence-corrected chi connectivity index (χ0v) is 10.5. The smallest absolute Gasteiger partial charge is 0.320 e. The molecule has 1 fully saturated rings. The third-order valence-corrected chi connectivity index (χ3v) is 2.89. The maximum absolute atomic E-state index is 11.3. The van der Waals surface area contributed by atoms with Crippen LogP contribution in [0.3, 0.4) is 0 Å². The van der Waals surface area contributed by atoms with Gasteiger partial charge in [-0.25, -0.2) is 0 Å². The Labute approximate surface area is 97.7 Å². The minimum Gasteiger partial charge on any atom is -0.462 e. The quantitative estimate of drug-likeness (QED) is 0.723. The molecule has 0 atom stereocenters. The number of ether oxygens (including phenoxy) is 2. The van der Waals surface area contributed by atoms with Gasteiger partial charge in [0.05, 0.1) is 12.6 Å². The van der Waals surface area contributed by atoms with Gasteiger partial charge in [-0.1, -0.05) is 6.92 Å². The summed E-state index contributed by atoms with van der Waals surface area (Å²) >= 11 is 0. The van der Waals surface area contributed by atoms with Crippen molar-refractivity contribution in [3.63, 3.8) is 0 Å². The van der Waals surface area contributed by atoms with E-state index in [-0.39, 0.29) is 17.5 Å². The first-order valence-corrected chi connectivity index (χ1v) is 6.00. The summed E-state index contributed by atoms with van der Waals surface area (Å²) in [5.74, 6) is -0.175. The fourth-order valence-electron chi connectivity index (χ4n) is 1.81. The van der Waals surface area contributed by atoms with Gasteiger partial charge in [-0.3, -0.25) is 4.79 Å². The van der Waals surface area contributed by atoms with Crippen LogP contribution in [0.1, 0.15) is 33.6 Å². The van der Waals surface area contributed by atoms with E-state index in [0.717, 1.165) is 32.6 Å². The van der Waals surface area contributed by atoms with Gasteiger partial charge in [0.25, 0.3) is 0 Å². The Hall–Kier alpha value is -0.610. The van der Waals surface area contributed by atoms with Crippen molar-refractivity contribution in [1.29, 1.82) is 0 Å². The van der Waals surface area contributed by atoms with Crippen LogP contribution in [0, 0.1) is 5.41 Å². The van der Waals surface area contributed by atoms with Crippen molar-refractivity contribution in [2.75, 3.05) is 26.3 Å². The van der Waals surface area contributed by atoms with Gasteiger partial charge in [0.15, 0.2) is 0 Å². The number of carbonyl (C=O) groups is 1. The SMILES string of the molecule is CC(C)OC(=O)CNCC1(C)CCOCC1. The number of hydrogen-bond donors (Lipinski definition) is 1. The number of nitrogens with one attached hydrogen (secondary N) is 1. The maximum Gasteiger partial charge on any atom is 0.320 e. The molecule has 0 aromatic carbocycles. The Bertz CT molecular complexity index is 222. The molecule has 0 radical (unpaired) electrons. The summed E-state index contributed by atoms with van der Waals surface area (Å²) in [7, 11) is 0.